The van der Waals surface area contributed by atoms with E-state index in [9.17, 15) is 9.59 Å². The summed E-state index contributed by atoms with van der Waals surface area (Å²) in [6, 6.07) is 3.03. The predicted molar refractivity (Wildman–Crippen MR) is 51.9 cm³/mol. The number of likely N-dealkylation sites (N-methyl/N-ethyl adjacent to an activating group) is 1. The lowest BCUT2D eigenvalue weighted by Crippen LogP contribution is -2.32. The first kappa shape index (κ1) is 10.4. The van der Waals surface area contributed by atoms with Crippen LogP contribution in [0.2, 0.25) is 0 Å². The van der Waals surface area contributed by atoms with Crippen LogP contribution in [0.4, 0.5) is 0 Å². The van der Waals surface area contributed by atoms with E-state index in [1.165, 1.54) is 11.0 Å². The standard InChI is InChI=1S/C9H13N3O2/c1-7-4-5-8(13)12(10-7)6-9(14)11(2)3/h4-5H,6H2,1-3H3. The lowest BCUT2D eigenvalue weighted by Gasteiger charge is -2.10. The lowest BCUT2D eigenvalue weighted by molar-refractivity contribution is -0.129. The molecule has 0 aromatic carbocycles. The molecule has 0 aliphatic carbocycles. The van der Waals surface area contributed by atoms with Gasteiger partial charge in [-0.2, -0.15) is 5.10 Å². The van der Waals surface area contributed by atoms with E-state index >= 15 is 0 Å². The van der Waals surface area contributed by atoms with Crippen LogP contribution in [0.1, 0.15) is 5.69 Å². The fourth-order valence-electron chi connectivity index (χ4n) is 0.934. The van der Waals surface area contributed by atoms with Crippen molar-refractivity contribution in [2.75, 3.05) is 14.1 Å². The Morgan fingerprint density at radius 2 is 2.14 bits per heavy atom. The summed E-state index contributed by atoms with van der Waals surface area (Å²) in [5, 5.41) is 3.95. The minimum Gasteiger partial charge on any atom is -0.347 e. The Bertz CT molecular complexity index is 395. The van der Waals surface area contributed by atoms with Crippen LogP contribution in [-0.2, 0) is 11.3 Å². The number of carbonyl (C=O) groups excluding carboxylic acids is 1. The van der Waals surface area contributed by atoms with E-state index in [0.29, 0.717) is 0 Å². The van der Waals surface area contributed by atoms with Gasteiger partial charge in [-0.25, -0.2) is 4.68 Å². The number of aromatic nitrogens is 2. The quantitative estimate of drug-likeness (QED) is 0.647. The Morgan fingerprint density at radius 1 is 1.50 bits per heavy atom. The highest BCUT2D eigenvalue weighted by Gasteiger charge is 2.06. The molecule has 1 aromatic heterocycles. The van der Waals surface area contributed by atoms with Gasteiger partial charge in [-0.1, -0.05) is 0 Å². The highest BCUT2D eigenvalue weighted by Crippen LogP contribution is 1.87. The van der Waals surface area contributed by atoms with Gasteiger partial charge in [0.25, 0.3) is 5.56 Å². The van der Waals surface area contributed by atoms with Gasteiger partial charge in [0.05, 0.1) is 5.69 Å². The van der Waals surface area contributed by atoms with Crippen molar-refractivity contribution in [2.45, 2.75) is 13.5 Å². The number of hydrogen-bond donors (Lipinski definition) is 0. The molecule has 1 amide bonds. The lowest BCUT2D eigenvalue weighted by atomic mass is 10.4. The first-order valence-electron chi connectivity index (χ1n) is 4.25. The minimum absolute atomic E-state index is 0.00644. The third kappa shape index (κ3) is 2.42. The molecular weight excluding hydrogens is 182 g/mol. The summed E-state index contributed by atoms with van der Waals surface area (Å²) in [7, 11) is 3.28. The summed E-state index contributed by atoms with van der Waals surface area (Å²) in [5.74, 6) is -0.148. The Kier molecular flexibility index (Phi) is 3.01. The van der Waals surface area contributed by atoms with Crippen LogP contribution < -0.4 is 5.56 Å². The average Bonchev–Trinajstić information content (AvgIpc) is 2.11. The Hall–Kier alpha value is -1.65. The van der Waals surface area contributed by atoms with Gasteiger partial charge in [0, 0.05) is 20.2 Å². The zero-order valence-corrected chi connectivity index (χ0v) is 8.52. The Balaban J connectivity index is 2.92. The van der Waals surface area contributed by atoms with Gasteiger partial charge in [-0.15, -0.1) is 0 Å². The molecular formula is C9H13N3O2. The fourth-order valence-corrected chi connectivity index (χ4v) is 0.934. The SMILES string of the molecule is Cc1ccc(=O)n(CC(=O)N(C)C)n1. The van der Waals surface area contributed by atoms with Crippen LogP contribution in [0.25, 0.3) is 0 Å². The smallest absolute Gasteiger partial charge is 0.267 e. The highest BCUT2D eigenvalue weighted by atomic mass is 16.2. The van der Waals surface area contributed by atoms with Gasteiger partial charge >= 0.3 is 0 Å². The van der Waals surface area contributed by atoms with E-state index in [1.54, 1.807) is 27.1 Å². The highest BCUT2D eigenvalue weighted by molar-refractivity contribution is 5.75. The van der Waals surface area contributed by atoms with Crippen LogP contribution in [0.5, 0.6) is 0 Å². The molecule has 0 atom stereocenters. The molecule has 0 spiro atoms. The van der Waals surface area contributed by atoms with Gasteiger partial charge in [-0.3, -0.25) is 9.59 Å². The maximum absolute atomic E-state index is 11.3. The zero-order valence-electron chi connectivity index (χ0n) is 8.52. The molecule has 0 fully saturated rings. The molecule has 1 rings (SSSR count). The topological polar surface area (TPSA) is 55.2 Å². The summed E-state index contributed by atoms with van der Waals surface area (Å²) < 4.78 is 1.16. The van der Waals surface area contributed by atoms with Gasteiger partial charge < -0.3 is 4.90 Å². The van der Waals surface area contributed by atoms with Crippen LogP contribution in [0, 0.1) is 6.92 Å². The van der Waals surface area contributed by atoms with Crippen LogP contribution >= 0.6 is 0 Å². The van der Waals surface area contributed by atoms with Gasteiger partial charge in [0.2, 0.25) is 5.91 Å². The van der Waals surface area contributed by atoms with Crippen molar-refractivity contribution in [1.82, 2.24) is 14.7 Å². The van der Waals surface area contributed by atoms with Crippen molar-refractivity contribution in [3.63, 3.8) is 0 Å². The minimum atomic E-state index is -0.259. The number of carbonyl (C=O) groups is 1. The second-order valence-electron chi connectivity index (χ2n) is 3.26. The molecule has 5 nitrogen and oxygen atoms in total. The second kappa shape index (κ2) is 4.04. The zero-order chi connectivity index (χ0) is 10.7. The first-order chi connectivity index (χ1) is 6.50. The van der Waals surface area contributed by atoms with E-state index in [-0.39, 0.29) is 18.0 Å². The van der Waals surface area contributed by atoms with E-state index in [4.69, 9.17) is 0 Å². The summed E-state index contributed by atoms with van der Waals surface area (Å²) in [4.78, 5) is 24.0. The molecule has 0 bridgehead atoms. The van der Waals surface area contributed by atoms with E-state index in [1.807, 2.05) is 0 Å². The Morgan fingerprint density at radius 3 is 2.71 bits per heavy atom. The summed E-state index contributed by atoms with van der Waals surface area (Å²) in [5.41, 5.74) is 0.460. The number of rotatable bonds is 2. The van der Waals surface area contributed by atoms with Crippen molar-refractivity contribution in [2.24, 2.45) is 0 Å². The van der Waals surface area contributed by atoms with Gasteiger partial charge in [-0.05, 0) is 13.0 Å². The molecule has 1 heterocycles. The number of aryl methyl sites for hydroxylation is 1. The van der Waals surface area contributed by atoms with Crippen molar-refractivity contribution in [1.29, 1.82) is 0 Å². The molecule has 0 radical (unpaired) electrons. The van der Waals surface area contributed by atoms with Gasteiger partial charge in [0.15, 0.2) is 0 Å². The number of nitrogens with zero attached hydrogens (tertiary/aromatic N) is 3. The number of amides is 1. The normalized spacial score (nSPS) is 9.93. The molecule has 0 unspecified atom stereocenters. The molecule has 0 aliphatic heterocycles. The van der Waals surface area contributed by atoms with Crippen LogP contribution in [-0.4, -0.2) is 34.7 Å². The van der Waals surface area contributed by atoms with Crippen molar-refractivity contribution >= 4 is 5.91 Å². The largest absolute Gasteiger partial charge is 0.347 e. The second-order valence-corrected chi connectivity index (χ2v) is 3.26. The summed E-state index contributed by atoms with van der Waals surface area (Å²) in [6.07, 6.45) is 0. The van der Waals surface area contributed by atoms with Crippen LogP contribution in [0.3, 0.4) is 0 Å². The Labute approximate surface area is 82.0 Å². The molecule has 76 valence electrons. The maximum atomic E-state index is 11.3. The molecule has 0 saturated heterocycles. The molecule has 0 N–H and O–H groups in total. The van der Waals surface area contributed by atoms with Crippen molar-refractivity contribution in [3.8, 4) is 0 Å². The first-order valence-corrected chi connectivity index (χ1v) is 4.25. The molecule has 1 aromatic rings. The maximum Gasteiger partial charge on any atom is 0.267 e. The van der Waals surface area contributed by atoms with E-state index in [2.05, 4.69) is 5.10 Å². The van der Waals surface area contributed by atoms with E-state index in [0.717, 1.165) is 10.4 Å². The molecule has 14 heavy (non-hydrogen) atoms. The molecule has 5 heteroatoms. The van der Waals surface area contributed by atoms with Gasteiger partial charge in [0.1, 0.15) is 6.54 Å². The monoisotopic (exact) mass is 195 g/mol. The van der Waals surface area contributed by atoms with Crippen molar-refractivity contribution < 1.29 is 4.79 Å². The van der Waals surface area contributed by atoms with E-state index < -0.39 is 0 Å². The molecule has 0 saturated carbocycles. The summed E-state index contributed by atoms with van der Waals surface area (Å²) in [6.45, 7) is 1.77. The summed E-state index contributed by atoms with van der Waals surface area (Å²) >= 11 is 0. The average molecular weight is 195 g/mol. The predicted octanol–water partition coefficient (Wildman–Crippen LogP) is -0.360. The van der Waals surface area contributed by atoms with Crippen molar-refractivity contribution in [3.05, 3.63) is 28.2 Å². The van der Waals surface area contributed by atoms with Crippen LogP contribution in [0.15, 0.2) is 16.9 Å². The third-order valence-electron chi connectivity index (χ3n) is 1.78. The number of hydrogen-bond acceptors (Lipinski definition) is 3. The third-order valence-corrected chi connectivity index (χ3v) is 1.78. The molecule has 0 aliphatic rings. The fraction of sp³-hybridized carbons (Fsp3) is 0.444.